The lowest BCUT2D eigenvalue weighted by Gasteiger charge is -2.28. The summed E-state index contributed by atoms with van der Waals surface area (Å²) >= 11 is 0. The molecule has 5 heteroatoms. The molecule has 0 amide bonds. The number of aromatic nitrogens is 2. The van der Waals surface area contributed by atoms with Gasteiger partial charge >= 0.3 is 5.97 Å². The zero-order valence-electron chi connectivity index (χ0n) is 26.8. The maximum Gasteiger partial charge on any atom is 0.337 e. The number of ether oxygens (including phenoxy) is 1. The van der Waals surface area contributed by atoms with Gasteiger partial charge in [0, 0.05) is 41.1 Å². The van der Waals surface area contributed by atoms with E-state index in [2.05, 4.69) is 57.6 Å². The molecule has 0 bridgehead atoms. The molecule has 0 spiro atoms. The van der Waals surface area contributed by atoms with Crippen molar-refractivity contribution in [2.45, 2.75) is 104 Å². The van der Waals surface area contributed by atoms with Crippen LogP contribution in [0, 0.1) is 0 Å². The Labute approximate surface area is 252 Å². The number of nitrogens with zero attached hydrogens (tertiary/aromatic N) is 3. The number of methoxy groups -OCH3 is 1. The van der Waals surface area contributed by atoms with E-state index in [1.165, 1.54) is 104 Å². The van der Waals surface area contributed by atoms with Crippen LogP contribution in [0.1, 0.15) is 112 Å². The van der Waals surface area contributed by atoms with Crippen molar-refractivity contribution in [2.75, 3.05) is 27.2 Å². The van der Waals surface area contributed by atoms with Crippen LogP contribution in [0.5, 0.6) is 0 Å². The van der Waals surface area contributed by atoms with E-state index in [4.69, 9.17) is 4.74 Å². The Balaban J connectivity index is 0.000000847. The second-order valence-corrected chi connectivity index (χ2v) is 11.9. The topological polar surface area (TPSA) is 39.4 Å². The first-order chi connectivity index (χ1) is 20.6. The second-order valence-electron chi connectivity index (χ2n) is 11.9. The fraction of sp³-hybridized carbons (Fsp3) is 0.541. The van der Waals surface area contributed by atoms with Gasteiger partial charge in [-0.15, -0.1) is 0 Å². The number of hydrogen-bond donors (Lipinski definition) is 0. The van der Waals surface area contributed by atoms with Crippen LogP contribution in [-0.4, -0.2) is 47.3 Å². The van der Waals surface area contributed by atoms with Crippen molar-refractivity contribution in [3.8, 4) is 11.3 Å². The average molecular weight is 570 g/mol. The molecular weight excluding hydrogens is 518 g/mol. The Hall–Kier alpha value is -3.05. The van der Waals surface area contributed by atoms with E-state index in [9.17, 15) is 4.79 Å². The Morgan fingerprint density at radius 3 is 2.26 bits per heavy atom. The molecule has 0 radical (unpaired) electrons. The summed E-state index contributed by atoms with van der Waals surface area (Å²) in [5, 5.41) is 2.77. The molecule has 5 nitrogen and oxygen atoms in total. The largest absolute Gasteiger partial charge is 0.465 e. The molecule has 0 N–H and O–H groups in total. The number of carbonyl (C=O) groups is 1. The normalized spacial score (nSPS) is 17.9. The average Bonchev–Trinajstić information content (AvgIpc) is 3.58. The minimum absolute atomic E-state index is 0.258. The number of rotatable bonds is 3. The summed E-state index contributed by atoms with van der Waals surface area (Å²) in [7, 11) is 3.72. The third kappa shape index (κ3) is 5.41. The van der Waals surface area contributed by atoms with Gasteiger partial charge in [0.2, 0.25) is 0 Å². The highest BCUT2D eigenvalue weighted by Gasteiger charge is 2.30. The number of piperidine rings is 1. The van der Waals surface area contributed by atoms with Gasteiger partial charge in [-0.1, -0.05) is 71.2 Å². The summed E-state index contributed by atoms with van der Waals surface area (Å²) in [6.07, 6.45) is 12.5. The molecule has 0 atom stereocenters. The van der Waals surface area contributed by atoms with Crippen molar-refractivity contribution in [1.82, 2.24) is 14.0 Å². The summed E-state index contributed by atoms with van der Waals surface area (Å²) in [6.45, 7) is 12.3. The van der Waals surface area contributed by atoms with Gasteiger partial charge < -0.3 is 18.8 Å². The van der Waals surface area contributed by atoms with Crippen LogP contribution in [-0.2, 0) is 17.8 Å². The number of carbonyl (C=O) groups excluding carboxylic acids is 1. The number of para-hydroxylation sites is 1. The van der Waals surface area contributed by atoms with Gasteiger partial charge in [-0.3, -0.25) is 0 Å². The quantitative estimate of drug-likeness (QED) is 0.231. The Kier molecular flexibility index (Phi) is 9.77. The van der Waals surface area contributed by atoms with Gasteiger partial charge in [-0.2, -0.15) is 0 Å². The molecule has 42 heavy (non-hydrogen) atoms. The van der Waals surface area contributed by atoms with E-state index in [-0.39, 0.29) is 5.97 Å². The molecule has 7 rings (SSSR count). The Bertz CT molecular complexity index is 1510. The predicted octanol–water partition coefficient (Wildman–Crippen LogP) is 9.36. The smallest absolute Gasteiger partial charge is 0.337 e. The summed E-state index contributed by atoms with van der Waals surface area (Å²) in [4.78, 5) is 15.0. The number of fused-ring (bicyclic) bond motifs is 4. The van der Waals surface area contributed by atoms with E-state index >= 15 is 0 Å². The fourth-order valence-corrected chi connectivity index (χ4v) is 7.75. The monoisotopic (exact) mass is 569 g/mol. The van der Waals surface area contributed by atoms with Gasteiger partial charge in [0.25, 0.3) is 0 Å². The first-order valence-electron chi connectivity index (χ1n) is 16.7. The Morgan fingerprint density at radius 1 is 0.810 bits per heavy atom. The molecule has 4 heterocycles. The van der Waals surface area contributed by atoms with Crippen molar-refractivity contribution >= 4 is 27.8 Å². The molecule has 2 aromatic heterocycles. The van der Waals surface area contributed by atoms with Crippen molar-refractivity contribution in [3.63, 3.8) is 0 Å². The number of esters is 1. The molecule has 1 saturated heterocycles. The lowest BCUT2D eigenvalue weighted by atomic mass is 9.81. The molecular formula is C37H51N3O2. The zero-order chi connectivity index (χ0) is 29.8. The van der Waals surface area contributed by atoms with E-state index in [0.717, 1.165) is 19.5 Å². The van der Waals surface area contributed by atoms with Crippen LogP contribution in [0.3, 0.4) is 0 Å². The highest BCUT2D eigenvalue weighted by atomic mass is 16.5. The van der Waals surface area contributed by atoms with Crippen LogP contribution < -0.4 is 0 Å². The molecule has 0 unspecified atom stereocenters. The summed E-state index contributed by atoms with van der Waals surface area (Å²) in [5.74, 6) is 0.946. The lowest BCUT2D eigenvalue weighted by Crippen LogP contribution is -2.29. The highest BCUT2D eigenvalue weighted by molar-refractivity contribution is 6.03. The van der Waals surface area contributed by atoms with Gasteiger partial charge in [-0.25, -0.2) is 4.79 Å². The third-order valence-electron chi connectivity index (χ3n) is 9.66. The summed E-state index contributed by atoms with van der Waals surface area (Å²) in [5.41, 5.74) is 9.08. The maximum atomic E-state index is 12.5. The minimum Gasteiger partial charge on any atom is -0.465 e. The van der Waals surface area contributed by atoms with Gasteiger partial charge in [0.1, 0.15) is 0 Å². The lowest BCUT2D eigenvalue weighted by molar-refractivity contribution is 0.0601. The molecule has 226 valence electrons. The maximum absolute atomic E-state index is 12.5. The van der Waals surface area contributed by atoms with E-state index in [1.807, 2.05) is 33.8 Å². The first-order valence-corrected chi connectivity index (χ1v) is 16.7. The number of aryl methyl sites for hydroxylation is 2. The molecule has 3 aliphatic rings. The number of likely N-dealkylation sites (tertiary alicyclic amines) is 1. The van der Waals surface area contributed by atoms with E-state index in [0.29, 0.717) is 17.4 Å². The SMILES string of the molecule is CC.CC.COC(=O)c1ccc2c(C3CCCCC3)c3n(c2c1)CCCn1cc(C2CCN(C)CC2)c2cccc-3c21. The van der Waals surface area contributed by atoms with Crippen LogP contribution in [0.25, 0.3) is 33.1 Å². The third-order valence-corrected chi connectivity index (χ3v) is 9.66. The van der Waals surface area contributed by atoms with Crippen LogP contribution in [0.15, 0.2) is 42.6 Å². The van der Waals surface area contributed by atoms with Gasteiger partial charge in [0.05, 0.1) is 23.9 Å². The van der Waals surface area contributed by atoms with Crippen LogP contribution >= 0.6 is 0 Å². The molecule has 4 aromatic rings. The Morgan fingerprint density at radius 2 is 1.55 bits per heavy atom. The molecule has 2 aliphatic heterocycles. The number of hydrogen-bond acceptors (Lipinski definition) is 3. The summed E-state index contributed by atoms with van der Waals surface area (Å²) in [6, 6.07) is 13.3. The van der Waals surface area contributed by atoms with Crippen LogP contribution in [0.2, 0.25) is 0 Å². The van der Waals surface area contributed by atoms with Crippen LogP contribution in [0.4, 0.5) is 0 Å². The van der Waals surface area contributed by atoms with Gasteiger partial charge in [0.15, 0.2) is 0 Å². The van der Waals surface area contributed by atoms with Gasteiger partial charge in [-0.05, 0) is 87.3 Å². The van der Waals surface area contributed by atoms with E-state index in [1.54, 1.807) is 5.56 Å². The highest BCUT2D eigenvalue weighted by Crippen LogP contribution is 2.47. The van der Waals surface area contributed by atoms with Crippen molar-refractivity contribution in [3.05, 3.63) is 59.3 Å². The molecule has 2 fully saturated rings. The first kappa shape index (κ1) is 30.4. The van der Waals surface area contributed by atoms with Crippen molar-refractivity contribution in [1.29, 1.82) is 0 Å². The fourth-order valence-electron chi connectivity index (χ4n) is 7.75. The summed E-state index contributed by atoms with van der Waals surface area (Å²) < 4.78 is 10.2. The molecule has 1 saturated carbocycles. The zero-order valence-corrected chi connectivity index (χ0v) is 26.8. The standard InChI is InChI=1S/C33H39N3O2.2C2H6/c1-34-18-14-22(15-19-34)28-21-35-16-7-17-36-29-20-24(33(37)38-2)12-13-26(29)30(23-8-4-3-5-9-23)32(36)27-11-6-10-25(28)31(27)35;2*1-2/h6,10-13,20-23H,3-5,7-9,14-19H2,1-2H3;2*1-2H3. The minimum atomic E-state index is -0.258. The van der Waals surface area contributed by atoms with Crippen molar-refractivity contribution in [2.24, 2.45) is 0 Å². The molecule has 1 aliphatic carbocycles. The number of benzene rings is 2. The van der Waals surface area contributed by atoms with E-state index < -0.39 is 0 Å². The van der Waals surface area contributed by atoms with Crippen molar-refractivity contribution < 1.29 is 9.53 Å². The second kappa shape index (κ2) is 13.5. The molecule has 2 aromatic carbocycles. The predicted molar refractivity (Wildman–Crippen MR) is 177 cm³/mol.